The molecule has 20 heavy (non-hydrogen) atoms. The molecular formula is C14H24N2O4. The first-order valence-electron chi connectivity index (χ1n) is 7.50. The molecule has 0 aromatic heterocycles. The summed E-state index contributed by atoms with van der Waals surface area (Å²) in [6.07, 6.45) is 5.12. The number of carboxylic acids is 1. The minimum atomic E-state index is -0.753. The van der Waals surface area contributed by atoms with E-state index in [1.807, 2.05) is 0 Å². The van der Waals surface area contributed by atoms with Crippen molar-refractivity contribution in [1.29, 1.82) is 0 Å². The van der Waals surface area contributed by atoms with E-state index in [1.54, 1.807) is 0 Å². The molecule has 0 spiro atoms. The van der Waals surface area contributed by atoms with Gasteiger partial charge in [0.1, 0.15) is 0 Å². The van der Waals surface area contributed by atoms with Gasteiger partial charge in [0.25, 0.3) is 0 Å². The largest absolute Gasteiger partial charge is 0.481 e. The molecule has 6 nitrogen and oxygen atoms in total. The monoisotopic (exact) mass is 284 g/mol. The quantitative estimate of drug-likeness (QED) is 0.727. The Labute approximate surface area is 119 Å². The van der Waals surface area contributed by atoms with E-state index in [-0.39, 0.29) is 18.0 Å². The molecule has 6 heteroatoms. The van der Waals surface area contributed by atoms with Crippen LogP contribution >= 0.6 is 0 Å². The summed E-state index contributed by atoms with van der Waals surface area (Å²) in [6, 6.07) is -0.209. The maximum atomic E-state index is 11.8. The lowest BCUT2D eigenvalue weighted by Crippen LogP contribution is -2.46. The predicted molar refractivity (Wildman–Crippen MR) is 73.5 cm³/mol. The van der Waals surface area contributed by atoms with E-state index in [1.165, 1.54) is 0 Å². The Bertz CT molecular complexity index is 342. The van der Waals surface area contributed by atoms with Crippen molar-refractivity contribution in [2.45, 2.75) is 44.6 Å². The maximum absolute atomic E-state index is 11.8. The highest BCUT2D eigenvalue weighted by molar-refractivity contribution is 5.74. The number of urea groups is 1. The lowest BCUT2D eigenvalue weighted by Gasteiger charge is -2.28. The highest BCUT2D eigenvalue weighted by Crippen LogP contribution is 2.24. The van der Waals surface area contributed by atoms with Crippen LogP contribution in [0.4, 0.5) is 4.79 Å². The van der Waals surface area contributed by atoms with Crippen molar-refractivity contribution in [3.63, 3.8) is 0 Å². The Kier molecular flexibility index (Phi) is 5.64. The Morgan fingerprint density at radius 1 is 1.20 bits per heavy atom. The third kappa shape index (κ3) is 4.67. The van der Waals surface area contributed by atoms with Crippen LogP contribution in [-0.2, 0) is 9.53 Å². The molecule has 0 bridgehead atoms. The SMILES string of the molecule is O=C(NCC1CCCOC1)NC1CCCC(C(=O)O)C1. The zero-order chi connectivity index (χ0) is 14.4. The van der Waals surface area contributed by atoms with E-state index in [0.29, 0.717) is 31.9 Å². The molecule has 1 saturated carbocycles. The van der Waals surface area contributed by atoms with Gasteiger partial charge < -0.3 is 20.5 Å². The molecule has 3 unspecified atom stereocenters. The lowest BCUT2D eigenvalue weighted by atomic mass is 9.86. The number of aliphatic carboxylic acids is 1. The Hall–Kier alpha value is -1.30. The number of carboxylic acid groups (broad SMARTS) is 1. The average Bonchev–Trinajstić information content (AvgIpc) is 2.46. The summed E-state index contributed by atoms with van der Waals surface area (Å²) in [6.45, 7) is 2.16. The van der Waals surface area contributed by atoms with Crippen molar-refractivity contribution in [1.82, 2.24) is 10.6 Å². The van der Waals surface area contributed by atoms with Gasteiger partial charge in [0.05, 0.1) is 12.5 Å². The normalized spacial score (nSPS) is 30.5. The van der Waals surface area contributed by atoms with Gasteiger partial charge in [-0.05, 0) is 38.0 Å². The number of rotatable bonds is 4. The Morgan fingerprint density at radius 2 is 2.05 bits per heavy atom. The van der Waals surface area contributed by atoms with Crippen LogP contribution in [0.25, 0.3) is 0 Å². The van der Waals surface area contributed by atoms with Gasteiger partial charge in [0.2, 0.25) is 0 Å². The van der Waals surface area contributed by atoms with E-state index in [4.69, 9.17) is 9.84 Å². The van der Waals surface area contributed by atoms with E-state index < -0.39 is 5.97 Å². The fourth-order valence-corrected chi connectivity index (χ4v) is 2.99. The van der Waals surface area contributed by atoms with E-state index in [2.05, 4.69) is 10.6 Å². The van der Waals surface area contributed by atoms with Crippen molar-refractivity contribution < 1.29 is 19.4 Å². The van der Waals surface area contributed by atoms with Crippen LogP contribution in [0.5, 0.6) is 0 Å². The predicted octanol–water partition coefficient (Wildman–Crippen LogP) is 1.36. The summed E-state index contributed by atoms with van der Waals surface area (Å²) in [7, 11) is 0. The minimum Gasteiger partial charge on any atom is -0.481 e. The molecule has 2 aliphatic rings. The third-order valence-corrected chi connectivity index (χ3v) is 4.16. The molecular weight excluding hydrogens is 260 g/mol. The second-order valence-corrected chi connectivity index (χ2v) is 5.84. The summed E-state index contributed by atoms with van der Waals surface area (Å²) < 4.78 is 5.37. The topological polar surface area (TPSA) is 87.7 Å². The van der Waals surface area contributed by atoms with Crippen LogP contribution in [0.3, 0.4) is 0 Å². The van der Waals surface area contributed by atoms with Crippen molar-refractivity contribution in [3.8, 4) is 0 Å². The molecule has 0 aromatic carbocycles. The van der Waals surface area contributed by atoms with Crippen LogP contribution in [0, 0.1) is 11.8 Å². The summed E-state index contributed by atoms with van der Waals surface area (Å²) in [4.78, 5) is 22.8. The smallest absolute Gasteiger partial charge is 0.315 e. The lowest BCUT2D eigenvalue weighted by molar-refractivity contribution is -0.143. The van der Waals surface area contributed by atoms with E-state index >= 15 is 0 Å². The van der Waals surface area contributed by atoms with Gasteiger partial charge >= 0.3 is 12.0 Å². The molecule has 3 N–H and O–H groups in total. The zero-order valence-electron chi connectivity index (χ0n) is 11.8. The van der Waals surface area contributed by atoms with E-state index in [0.717, 1.165) is 32.3 Å². The molecule has 1 aliphatic carbocycles. The number of nitrogens with one attached hydrogen (secondary N) is 2. The number of amides is 2. The molecule has 3 atom stereocenters. The molecule has 1 heterocycles. The Morgan fingerprint density at radius 3 is 2.75 bits per heavy atom. The first-order valence-corrected chi connectivity index (χ1v) is 7.50. The Balaban J connectivity index is 1.66. The van der Waals surface area contributed by atoms with Crippen LogP contribution < -0.4 is 10.6 Å². The number of hydrogen-bond donors (Lipinski definition) is 3. The standard InChI is InChI=1S/C14H24N2O4/c17-13(18)11-4-1-5-12(7-11)16-14(19)15-8-10-3-2-6-20-9-10/h10-12H,1-9H2,(H,17,18)(H2,15,16,19). The van der Waals surface area contributed by atoms with Gasteiger partial charge in [0, 0.05) is 19.2 Å². The molecule has 0 aromatic rings. The molecule has 1 aliphatic heterocycles. The fraction of sp³-hybridized carbons (Fsp3) is 0.857. The molecule has 114 valence electrons. The van der Waals surface area contributed by atoms with Crippen LogP contribution in [0.15, 0.2) is 0 Å². The van der Waals surface area contributed by atoms with Gasteiger partial charge in [-0.25, -0.2) is 4.79 Å². The molecule has 1 saturated heterocycles. The van der Waals surface area contributed by atoms with E-state index in [9.17, 15) is 9.59 Å². The third-order valence-electron chi connectivity index (χ3n) is 4.16. The fourth-order valence-electron chi connectivity index (χ4n) is 2.99. The molecule has 2 rings (SSSR count). The van der Waals surface area contributed by atoms with Crippen molar-refractivity contribution in [3.05, 3.63) is 0 Å². The number of ether oxygens (including phenoxy) is 1. The van der Waals surface area contributed by atoms with Crippen molar-refractivity contribution in [2.24, 2.45) is 11.8 Å². The zero-order valence-corrected chi connectivity index (χ0v) is 11.8. The second kappa shape index (κ2) is 7.47. The molecule has 0 radical (unpaired) electrons. The van der Waals surface area contributed by atoms with Gasteiger partial charge in [-0.2, -0.15) is 0 Å². The second-order valence-electron chi connectivity index (χ2n) is 5.84. The highest BCUT2D eigenvalue weighted by Gasteiger charge is 2.27. The van der Waals surface area contributed by atoms with Crippen molar-refractivity contribution in [2.75, 3.05) is 19.8 Å². The van der Waals surface area contributed by atoms with Gasteiger partial charge in [-0.3, -0.25) is 4.79 Å². The highest BCUT2D eigenvalue weighted by atomic mass is 16.5. The average molecular weight is 284 g/mol. The van der Waals surface area contributed by atoms with Gasteiger partial charge in [-0.1, -0.05) is 6.42 Å². The van der Waals surface area contributed by atoms with Crippen LogP contribution in [0.2, 0.25) is 0 Å². The summed E-state index contributed by atoms with van der Waals surface area (Å²) in [5, 5.41) is 14.8. The summed E-state index contributed by atoms with van der Waals surface area (Å²) >= 11 is 0. The molecule has 2 fully saturated rings. The van der Waals surface area contributed by atoms with Gasteiger partial charge in [-0.15, -0.1) is 0 Å². The first kappa shape index (κ1) is 15.1. The number of carbonyl (C=O) groups is 2. The van der Waals surface area contributed by atoms with Crippen LogP contribution in [0.1, 0.15) is 38.5 Å². The van der Waals surface area contributed by atoms with Gasteiger partial charge in [0.15, 0.2) is 0 Å². The first-order chi connectivity index (χ1) is 9.65. The number of carbonyl (C=O) groups excluding carboxylic acids is 1. The maximum Gasteiger partial charge on any atom is 0.315 e. The molecule has 2 amide bonds. The van der Waals surface area contributed by atoms with Crippen LogP contribution in [-0.4, -0.2) is 42.9 Å². The minimum absolute atomic E-state index is 0.0209. The summed E-state index contributed by atoms with van der Waals surface area (Å²) in [5.74, 6) is -0.676. The van der Waals surface area contributed by atoms with Crippen molar-refractivity contribution >= 4 is 12.0 Å². The number of hydrogen-bond acceptors (Lipinski definition) is 3. The summed E-state index contributed by atoms with van der Waals surface area (Å²) in [5.41, 5.74) is 0.